The molecule has 8 nitrogen and oxygen atoms in total. The Balaban J connectivity index is 1.81. The molecule has 8 heteroatoms. The molecule has 0 aromatic heterocycles. The summed E-state index contributed by atoms with van der Waals surface area (Å²) < 4.78 is 5.38. The van der Waals surface area contributed by atoms with Crippen LogP contribution in [0.4, 0.5) is 16.2 Å². The van der Waals surface area contributed by atoms with Gasteiger partial charge in [-0.15, -0.1) is 0 Å². The Morgan fingerprint density at radius 2 is 2.00 bits per heavy atom. The molecular formula is C17H21N3O5. The van der Waals surface area contributed by atoms with E-state index >= 15 is 0 Å². The highest BCUT2D eigenvalue weighted by molar-refractivity contribution is 6.05. The van der Waals surface area contributed by atoms with E-state index in [1.807, 2.05) is 4.90 Å². The topological polar surface area (TPSA) is 99.2 Å². The number of piperazine rings is 1. The first kappa shape index (κ1) is 17.1. The molecule has 0 radical (unpaired) electrons. The number of nitrogens with one attached hydrogen (secondary N) is 1. The van der Waals surface area contributed by atoms with E-state index in [0.29, 0.717) is 18.8 Å². The van der Waals surface area contributed by atoms with Crippen LogP contribution in [-0.2, 0) is 9.53 Å². The normalized spacial score (nSPS) is 19.6. The second-order valence-electron chi connectivity index (χ2n) is 7.16. The number of benzene rings is 1. The standard InChI is InChI=1S/C17H21N3O5/c1-17(2,3)25-16(24)19-6-7-20-12-5-4-10(15(22)23)8-11(12)18-14(21)13(20)9-19/h4-5,8,13H,6-7,9H2,1-3H3,(H,18,21)(H,22,23). The third kappa shape index (κ3) is 3.38. The first-order valence-electron chi connectivity index (χ1n) is 8.08. The third-order valence-electron chi connectivity index (χ3n) is 4.15. The number of hydrogen-bond donors (Lipinski definition) is 2. The molecule has 1 aromatic carbocycles. The highest BCUT2D eigenvalue weighted by Gasteiger charge is 2.39. The van der Waals surface area contributed by atoms with Crippen molar-refractivity contribution in [2.75, 3.05) is 29.9 Å². The number of carboxylic acid groups (broad SMARTS) is 1. The van der Waals surface area contributed by atoms with Gasteiger partial charge in [0.15, 0.2) is 0 Å². The minimum Gasteiger partial charge on any atom is -0.478 e. The zero-order valence-electron chi connectivity index (χ0n) is 14.4. The molecule has 1 saturated heterocycles. The predicted molar refractivity (Wildman–Crippen MR) is 91.0 cm³/mol. The molecule has 134 valence electrons. The lowest BCUT2D eigenvalue weighted by Crippen LogP contribution is -2.61. The van der Waals surface area contributed by atoms with Gasteiger partial charge in [-0.2, -0.15) is 0 Å². The van der Waals surface area contributed by atoms with Gasteiger partial charge in [-0.05, 0) is 39.0 Å². The monoisotopic (exact) mass is 347 g/mol. The van der Waals surface area contributed by atoms with Gasteiger partial charge in [0.2, 0.25) is 5.91 Å². The van der Waals surface area contributed by atoms with E-state index in [4.69, 9.17) is 9.84 Å². The molecule has 1 fully saturated rings. The molecule has 1 atom stereocenters. The fourth-order valence-corrected chi connectivity index (χ4v) is 3.02. The fourth-order valence-electron chi connectivity index (χ4n) is 3.02. The Kier molecular flexibility index (Phi) is 4.06. The van der Waals surface area contributed by atoms with E-state index in [-0.39, 0.29) is 18.0 Å². The van der Waals surface area contributed by atoms with Gasteiger partial charge in [-0.3, -0.25) is 4.79 Å². The number of amides is 2. The van der Waals surface area contributed by atoms with Crippen molar-refractivity contribution in [3.8, 4) is 0 Å². The van der Waals surface area contributed by atoms with E-state index < -0.39 is 23.7 Å². The number of fused-ring (bicyclic) bond motifs is 3. The summed E-state index contributed by atoms with van der Waals surface area (Å²) in [6.45, 7) is 6.51. The third-order valence-corrected chi connectivity index (χ3v) is 4.15. The SMILES string of the molecule is CC(C)(C)OC(=O)N1CCN2c3ccc(C(=O)O)cc3NC(=O)C2C1. The van der Waals surface area contributed by atoms with Crippen LogP contribution in [0.2, 0.25) is 0 Å². The highest BCUT2D eigenvalue weighted by atomic mass is 16.6. The van der Waals surface area contributed by atoms with Crippen LogP contribution in [-0.4, -0.2) is 59.3 Å². The molecule has 0 saturated carbocycles. The van der Waals surface area contributed by atoms with Gasteiger partial charge in [0.25, 0.3) is 0 Å². The predicted octanol–water partition coefficient (Wildman–Crippen LogP) is 1.76. The second-order valence-corrected chi connectivity index (χ2v) is 7.16. The molecular weight excluding hydrogens is 326 g/mol. The van der Waals surface area contributed by atoms with E-state index in [0.717, 1.165) is 5.69 Å². The van der Waals surface area contributed by atoms with Crippen molar-refractivity contribution in [1.82, 2.24) is 4.90 Å². The summed E-state index contributed by atoms with van der Waals surface area (Å²) in [6, 6.07) is 4.13. The zero-order valence-corrected chi connectivity index (χ0v) is 14.4. The fraction of sp³-hybridized carbons (Fsp3) is 0.471. The summed E-state index contributed by atoms with van der Waals surface area (Å²) in [5.74, 6) is -1.31. The zero-order chi connectivity index (χ0) is 18.4. The smallest absolute Gasteiger partial charge is 0.410 e. The lowest BCUT2D eigenvalue weighted by Gasteiger charge is -2.45. The van der Waals surface area contributed by atoms with Crippen LogP contribution in [0, 0.1) is 0 Å². The minimum atomic E-state index is -1.05. The molecule has 0 bridgehead atoms. The van der Waals surface area contributed by atoms with Gasteiger partial charge < -0.3 is 25.0 Å². The number of hydrogen-bond acceptors (Lipinski definition) is 5. The average molecular weight is 347 g/mol. The molecule has 25 heavy (non-hydrogen) atoms. The van der Waals surface area contributed by atoms with E-state index in [9.17, 15) is 14.4 Å². The molecule has 2 N–H and O–H groups in total. The molecule has 2 aliphatic heterocycles. The number of aromatic carboxylic acids is 1. The maximum absolute atomic E-state index is 12.4. The number of rotatable bonds is 1. The van der Waals surface area contributed by atoms with Crippen molar-refractivity contribution in [2.24, 2.45) is 0 Å². The number of carbonyl (C=O) groups excluding carboxylic acids is 2. The maximum Gasteiger partial charge on any atom is 0.410 e. The molecule has 2 heterocycles. The maximum atomic E-state index is 12.4. The number of anilines is 2. The van der Waals surface area contributed by atoms with Crippen LogP contribution in [0.3, 0.4) is 0 Å². The Morgan fingerprint density at radius 1 is 1.28 bits per heavy atom. The Morgan fingerprint density at radius 3 is 2.64 bits per heavy atom. The summed E-state index contributed by atoms with van der Waals surface area (Å²) in [4.78, 5) is 39.2. The molecule has 2 aliphatic rings. The van der Waals surface area contributed by atoms with Gasteiger partial charge >= 0.3 is 12.1 Å². The van der Waals surface area contributed by atoms with Crippen LogP contribution in [0.25, 0.3) is 0 Å². The molecule has 0 spiro atoms. The number of carbonyl (C=O) groups is 3. The summed E-state index contributed by atoms with van der Waals surface area (Å²) in [5, 5.41) is 11.8. The van der Waals surface area contributed by atoms with Crippen LogP contribution in [0.1, 0.15) is 31.1 Å². The number of carboxylic acids is 1. The first-order chi connectivity index (χ1) is 11.7. The first-order valence-corrected chi connectivity index (χ1v) is 8.08. The van der Waals surface area contributed by atoms with Crippen LogP contribution in [0.15, 0.2) is 18.2 Å². The largest absolute Gasteiger partial charge is 0.478 e. The van der Waals surface area contributed by atoms with Gasteiger partial charge in [0.1, 0.15) is 11.6 Å². The Hall–Kier alpha value is -2.77. The van der Waals surface area contributed by atoms with Crippen LogP contribution >= 0.6 is 0 Å². The number of nitrogens with zero attached hydrogens (tertiary/aromatic N) is 2. The highest BCUT2D eigenvalue weighted by Crippen LogP contribution is 2.34. The summed E-state index contributed by atoms with van der Waals surface area (Å²) in [5.41, 5.74) is 0.762. The molecule has 2 amide bonds. The van der Waals surface area contributed by atoms with Crippen LogP contribution in [0.5, 0.6) is 0 Å². The van der Waals surface area contributed by atoms with Gasteiger partial charge in [0.05, 0.1) is 23.5 Å². The lowest BCUT2D eigenvalue weighted by atomic mass is 10.0. The van der Waals surface area contributed by atoms with E-state index in [1.165, 1.54) is 17.0 Å². The van der Waals surface area contributed by atoms with Crippen molar-refractivity contribution >= 4 is 29.3 Å². The quantitative estimate of drug-likeness (QED) is 0.803. The van der Waals surface area contributed by atoms with Crippen LogP contribution < -0.4 is 10.2 Å². The van der Waals surface area contributed by atoms with Crippen molar-refractivity contribution in [1.29, 1.82) is 0 Å². The van der Waals surface area contributed by atoms with E-state index in [2.05, 4.69) is 5.32 Å². The van der Waals surface area contributed by atoms with Crippen molar-refractivity contribution in [3.63, 3.8) is 0 Å². The van der Waals surface area contributed by atoms with Crippen molar-refractivity contribution in [3.05, 3.63) is 23.8 Å². The summed E-state index contributed by atoms with van der Waals surface area (Å²) >= 11 is 0. The molecule has 1 unspecified atom stereocenters. The molecule has 1 aromatic rings. The second kappa shape index (κ2) is 5.94. The minimum absolute atomic E-state index is 0.116. The van der Waals surface area contributed by atoms with Gasteiger partial charge in [-0.25, -0.2) is 9.59 Å². The lowest BCUT2D eigenvalue weighted by molar-refractivity contribution is -0.118. The number of ether oxygens (including phenoxy) is 1. The van der Waals surface area contributed by atoms with Gasteiger partial charge in [-0.1, -0.05) is 0 Å². The Labute approximate surface area is 145 Å². The average Bonchev–Trinajstić information content (AvgIpc) is 2.52. The van der Waals surface area contributed by atoms with Gasteiger partial charge in [0, 0.05) is 13.1 Å². The molecule has 3 rings (SSSR count). The summed E-state index contributed by atoms with van der Waals surface area (Å²) in [6.07, 6.45) is -0.438. The van der Waals surface area contributed by atoms with E-state index in [1.54, 1.807) is 26.8 Å². The molecule has 0 aliphatic carbocycles. The summed E-state index contributed by atoms with van der Waals surface area (Å²) in [7, 11) is 0. The van der Waals surface area contributed by atoms with Crippen molar-refractivity contribution in [2.45, 2.75) is 32.4 Å². The Bertz CT molecular complexity index is 740. The van der Waals surface area contributed by atoms with Crippen molar-refractivity contribution < 1.29 is 24.2 Å².